The quantitative estimate of drug-likeness (QED) is 0.169. The Morgan fingerprint density at radius 2 is 0.934 bits per heavy atom. The predicted molar refractivity (Wildman–Crippen MR) is 255 cm³/mol. The Balaban J connectivity index is 1.09. The maximum absolute atomic E-state index is 2.55. The summed E-state index contributed by atoms with van der Waals surface area (Å²) >= 11 is 0. The Bertz CT molecular complexity index is 3470. The van der Waals surface area contributed by atoms with E-state index in [1.807, 2.05) is 0 Å². The molecular formula is C59H38N2. The van der Waals surface area contributed by atoms with Crippen LogP contribution in [0.1, 0.15) is 22.3 Å². The van der Waals surface area contributed by atoms with Crippen LogP contribution in [0.4, 0.5) is 17.1 Å². The van der Waals surface area contributed by atoms with Crippen molar-refractivity contribution in [2.45, 2.75) is 5.41 Å². The van der Waals surface area contributed by atoms with E-state index in [9.17, 15) is 0 Å². The van der Waals surface area contributed by atoms with Gasteiger partial charge in [0, 0.05) is 38.7 Å². The van der Waals surface area contributed by atoms with Crippen LogP contribution in [0.15, 0.2) is 231 Å². The van der Waals surface area contributed by atoms with E-state index in [0.29, 0.717) is 0 Å². The van der Waals surface area contributed by atoms with Crippen LogP contribution in [0.5, 0.6) is 0 Å². The Morgan fingerprint density at radius 1 is 0.344 bits per heavy atom. The van der Waals surface area contributed by atoms with Crippen molar-refractivity contribution >= 4 is 49.6 Å². The molecule has 2 heteroatoms. The first-order valence-corrected chi connectivity index (χ1v) is 21.2. The van der Waals surface area contributed by atoms with Gasteiger partial charge in [0.05, 0.1) is 27.8 Å². The average Bonchev–Trinajstić information content (AvgIpc) is 3.83. The van der Waals surface area contributed by atoms with E-state index in [-0.39, 0.29) is 0 Å². The second-order valence-corrected chi connectivity index (χ2v) is 16.4. The number of rotatable bonds is 5. The molecule has 0 N–H and O–H groups in total. The Kier molecular flexibility index (Phi) is 7.26. The van der Waals surface area contributed by atoms with Crippen LogP contribution < -0.4 is 4.90 Å². The molecule has 1 aromatic heterocycles. The Labute approximate surface area is 354 Å². The summed E-state index contributed by atoms with van der Waals surface area (Å²) in [7, 11) is 0. The van der Waals surface area contributed by atoms with Gasteiger partial charge < -0.3 is 9.47 Å². The van der Waals surface area contributed by atoms with E-state index >= 15 is 0 Å². The highest BCUT2D eigenvalue weighted by Crippen LogP contribution is 2.63. The van der Waals surface area contributed by atoms with Crippen LogP contribution in [0.3, 0.4) is 0 Å². The summed E-state index contributed by atoms with van der Waals surface area (Å²) < 4.78 is 2.39. The zero-order chi connectivity index (χ0) is 40.1. The molecule has 0 spiro atoms. The maximum atomic E-state index is 2.55. The lowest BCUT2D eigenvalue weighted by Gasteiger charge is -2.37. The lowest BCUT2D eigenvalue weighted by Crippen LogP contribution is -2.28. The molecule has 10 aromatic carbocycles. The van der Waals surface area contributed by atoms with Crippen LogP contribution in [0.2, 0.25) is 0 Å². The first-order valence-electron chi connectivity index (χ1n) is 21.2. The lowest BCUT2D eigenvalue weighted by atomic mass is 9.67. The topological polar surface area (TPSA) is 8.17 Å². The zero-order valence-corrected chi connectivity index (χ0v) is 33.3. The summed E-state index contributed by atoms with van der Waals surface area (Å²) in [6.07, 6.45) is 0. The standard InChI is InChI=1S/C59H38N2/c1-5-18-40(19-6-1)59(41-20-7-2-8-21-41)51-29-15-13-27-49(51)57-52(59)36-35-48-47-34-33-44(46-28-17-31-55(56(46)47)61(58(48)57)43-24-11-4-12-25-43)39-32-37-54-50(38-39)45-26-14-16-30-53(45)60(54)42-22-9-3-10-23-42/h1-38H. The molecule has 0 saturated heterocycles. The molecule has 2 heterocycles. The van der Waals surface area contributed by atoms with Gasteiger partial charge in [0.1, 0.15) is 0 Å². The molecule has 1 aliphatic carbocycles. The van der Waals surface area contributed by atoms with Crippen molar-refractivity contribution in [2.24, 2.45) is 0 Å². The van der Waals surface area contributed by atoms with Crippen LogP contribution in [0.25, 0.3) is 71.6 Å². The predicted octanol–water partition coefficient (Wildman–Crippen LogP) is 15.4. The molecule has 0 amide bonds. The third-order valence-electron chi connectivity index (χ3n) is 13.4. The highest BCUT2D eigenvalue weighted by atomic mass is 15.2. The molecule has 11 aromatic rings. The molecule has 2 nitrogen and oxygen atoms in total. The Hall–Kier alpha value is -7.94. The lowest BCUT2D eigenvalue weighted by molar-refractivity contribution is 0.768. The van der Waals surface area contributed by atoms with Gasteiger partial charge in [0.2, 0.25) is 0 Å². The first-order chi connectivity index (χ1) is 30.3. The molecule has 0 atom stereocenters. The number of benzene rings is 10. The van der Waals surface area contributed by atoms with Crippen molar-refractivity contribution in [3.05, 3.63) is 253 Å². The molecule has 1 aliphatic heterocycles. The van der Waals surface area contributed by atoms with Gasteiger partial charge in [-0.05, 0) is 98.4 Å². The van der Waals surface area contributed by atoms with Crippen molar-refractivity contribution in [1.29, 1.82) is 0 Å². The van der Waals surface area contributed by atoms with Crippen LogP contribution in [0, 0.1) is 0 Å². The third-order valence-corrected chi connectivity index (χ3v) is 13.4. The normalized spacial score (nSPS) is 13.3. The fourth-order valence-electron chi connectivity index (χ4n) is 11.0. The minimum atomic E-state index is -0.496. The van der Waals surface area contributed by atoms with Crippen LogP contribution in [-0.2, 0) is 5.41 Å². The molecular weight excluding hydrogens is 737 g/mol. The highest BCUT2D eigenvalue weighted by Gasteiger charge is 2.48. The van der Waals surface area contributed by atoms with Gasteiger partial charge in [0.25, 0.3) is 0 Å². The molecule has 0 fully saturated rings. The zero-order valence-electron chi connectivity index (χ0n) is 33.3. The van der Waals surface area contributed by atoms with Crippen LogP contribution in [-0.4, -0.2) is 4.57 Å². The summed E-state index contributed by atoms with van der Waals surface area (Å²) in [5.41, 5.74) is 19.3. The fraction of sp³-hybridized carbons (Fsp3) is 0.0169. The van der Waals surface area contributed by atoms with E-state index in [2.05, 4.69) is 240 Å². The van der Waals surface area contributed by atoms with Gasteiger partial charge in [-0.15, -0.1) is 0 Å². The molecule has 2 aliphatic rings. The number of hydrogen-bond acceptors (Lipinski definition) is 1. The number of aromatic nitrogens is 1. The van der Waals surface area contributed by atoms with E-state index in [1.54, 1.807) is 0 Å². The molecule has 0 unspecified atom stereocenters. The summed E-state index contributed by atoms with van der Waals surface area (Å²) in [4.78, 5) is 2.55. The van der Waals surface area contributed by atoms with Gasteiger partial charge in [-0.1, -0.05) is 182 Å². The van der Waals surface area contributed by atoms with Crippen molar-refractivity contribution in [1.82, 2.24) is 4.57 Å². The summed E-state index contributed by atoms with van der Waals surface area (Å²) in [6.45, 7) is 0. The molecule has 284 valence electrons. The minimum absolute atomic E-state index is 0.496. The molecule has 61 heavy (non-hydrogen) atoms. The number of hydrogen-bond donors (Lipinski definition) is 0. The SMILES string of the molecule is c1ccc(N2c3c(ccc4c3-c3ccccc3C4(c3ccccc3)c3ccccc3)-c3ccc(-c4ccc5c(c4)c4ccccc4n5-c4ccccc4)c4cccc2c34)cc1. The summed E-state index contributed by atoms with van der Waals surface area (Å²) in [5, 5.41) is 5.03. The van der Waals surface area contributed by atoms with Gasteiger partial charge in [-0.25, -0.2) is 0 Å². The highest BCUT2D eigenvalue weighted by molar-refractivity contribution is 6.20. The summed E-state index contributed by atoms with van der Waals surface area (Å²) in [5.74, 6) is 0. The monoisotopic (exact) mass is 774 g/mol. The van der Waals surface area contributed by atoms with Crippen molar-refractivity contribution in [3.8, 4) is 39.1 Å². The van der Waals surface area contributed by atoms with Crippen molar-refractivity contribution in [3.63, 3.8) is 0 Å². The minimum Gasteiger partial charge on any atom is -0.309 e. The van der Waals surface area contributed by atoms with Gasteiger partial charge >= 0.3 is 0 Å². The maximum Gasteiger partial charge on any atom is 0.0714 e. The molecule has 0 saturated carbocycles. The number of nitrogens with zero attached hydrogens (tertiary/aromatic N) is 2. The second-order valence-electron chi connectivity index (χ2n) is 16.4. The largest absolute Gasteiger partial charge is 0.309 e. The van der Waals surface area contributed by atoms with Crippen molar-refractivity contribution < 1.29 is 0 Å². The van der Waals surface area contributed by atoms with E-state index < -0.39 is 5.41 Å². The van der Waals surface area contributed by atoms with E-state index in [1.165, 1.54) is 105 Å². The molecule has 0 bridgehead atoms. The molecule has 13 rings (SSSR count). The number of para-hydroxylation sites is 3. The second kappa shape index (κ2) is 13.0. The Morgan fingerprint density at radius 3 is 1.69 bits per heavy atom. The fourth-order valence-corrected chi connectivity index (χ4v) is 11.0. The first kappa shape index (κ1) is 34.0. The van der Waals surface area contributed by atoms with Crippen molar-refractivity contribution in [2.75, 3.05) is 4.90 Å². The van der Waals surface area contributed by atoms with Gasteiger partial charge in [0.15, 0.2) is 0 Å². The summed E-state index contributed by atoms with van der Waals surface area (Å²) in [6, 6.07) is 85.3. The average molecular weight is 775 g/mol. The van der Waals surface area contributed by atoms with E-state index in [4.69, 9.17) is 0 Å². The van der Waals surface area contributed by atoms with Gasteiger partial charge in [-0.3, -0.25) is 0 Å². The smallest absolute Gasteiger partial charge is 0.0714 e. The van der Waals surface area contributed by atoms with E-state index in [0.717, 1.165) is 5.69 Å². The molecule has 0 radical (unpaired) electrons. The number of fused-ring (bicyclic) bond motifs is 9. The van der Waals surface area contributed by atoms with Crippen LogP contribution >= 0.6 is 0 Å². The number of anilines is 3. The van der Waals surface area contributed by atoms with Gasteiger partial charge in [-0.2, -0.15) is 0 Å². The third kappa shape index (κ3) is 4.67.